The lowest BCUT2D eigenvalue weighted by molar-refractivity contribution is -0.0419. The highest BCUT2D eigenvalue weighted by Gasteiger charge is 2.23. The predicted molar refractivity (Wildman–Crippen MR) is 75.6 cm³/mol. The van der Waals surface area contributed by atoms with Crippen LogP contribution in [0, 0.1) is 0 Å². The molecule has 4 heteroatoms. The summed E-state index contributed by atoms with van der Waals surface area (Å²) in [5, 5.41) is 0. The molecule has 0 aromatic heterocycles. The molecule has 0 bridgehead atoms. The van der Waals surface area contributed by atoms with E-state index in [2.05, 4.69) is 15.9 Å². The van der Waals surface area contributed by atoms with E-state index in [1.807, 2.05) is 42.5 Å². The van der Waals surface area contributed by atoms with Gasteiger partial charge in [0, 0.05) is 10.0 Å². The maximum atomic E-state index is 5.74. The van der Waals surface area contributed by atoms with Gasteiger partial charge in [0.1, 0.15) is 17.6 Å². The van der Waals surface area contributed by atoms with Crippen LogP contribution >= 0.6 is 15.9 Å². The zero-order valence-electron chi connectivity index (χ0n) is 10.4. The van der Waals surface area contributed by atoms with Gasteiger partial charge in [-0.15, -0.1) is 0 Å². The standard InChI is InChI=1S/C15H13BrO3/c1-17-12-5-2-10(3-6-12)15-13-8-11(16)4-7-14(13)18-9-19-15/h2-8,15H,9H2,1H3. The zero-order chi connectivity index (χ0) is 13.2. The Bertz CT molecular complexity index is 580. The van der Waals surface area contributed by atoms with Crippen molar-refractivity contribution in [2.75, 3.05) is 13.9 Å². The first-order valence-corrected chi connectivity index (χ1v) is 6.75. The minimum atomic E-state index is -0.104. The smallest absolute Gasteiger partial charge is 0.190 e. The Balaban J connectivity index is 2.00. The molecule has 98 valence electrons. The molecule has 0 spiro atoms. The van der Waals surface area contributed by atoms with Crippen LogP contribution in [0.5, 0.6) is 11.5 Å². The van der Waals surface area contributed by atoms with Crippen LogP contribution < -0.4 is 9.47 Å². The molecular formula is C15H13BrO3. The number of ether oxygens (including phenoxy) is 3. The van der Waals surface area contributed by atoms with Crippen molar-refractivity contribution in [3.63, 3.8) is 0 Å². The van der Waals surface area contributed by atoms with Crippen LogP contribution in [0.4, 0.5) is 0 Å². The van der Waals surface area contributed by atoms with Crippen LogP contribution in [-0.2, 0) is 4.74 Å². The van der Waals surface area contributed by atoms with E-state index >= 15 is 0 Å². The van der Waals surface area contributed by atoms with Crippen LogP contribution in [-0.4, -0.2) is 13.9 Å². The third kappa shape index (κ3) is 2.46. The molecule has 0 aliphatic carbocycles. The van der Waals surface area contributed by atoms with Crippen LogP contribution in [0.15, 0.2) is 46.9 Å². The highest BCUT2D eigenvalue weighted by atomic mass is 79.9. The molecule has 1 aliphatic heterocycles. The van der Waals surface area contributed by atoms with Gasteiger partial charge in [-0.1, -0.05) is 28.1 Å². The van der Waals surface area contributed by atoms with Crippen LogP contribution in [0.1, 0.15) is 17.2 Å². The quantitative estimate of drug-likeness (QED) is 0.839. The third-order valence-electron chi connectivity index (χ3n) is 3.12. The number of rotatable bonds is 2. The summed E-state index contributed by atoms with van der Waals surface area (Å²) >= 11 is 3.48. The number of hydrogen-bond donors (Lipinski definition) is 0. The molecule has 19 heavy (non-hydrogen) atoms. The van der Waals surface area contributed by atoms with Gasteiger partial charge in [0.15, 0.2) is 6.79 Å². The Morgan fingerprint density at radius 1 is 1.16 bits per heavy atom. The average molecular weight is 321 g/mol. The SMILES string of the molecule is COc1ccc(C2OCOc3ccc(Br)cc32)cc1. The Morgan fingerprint density at radius 2 is 1.95 bits per heavy atom. The van der Waals surface area contributed by atoms with Gasteiger partial charge in [-0.3, -0.25) is 0 Å². The van der Waals surface area contributed by atoms with Crippen molar-refractivity contribution in [1.29, 1.82) is 0 Å². The normalized spacial score (nSPS) is 17.5. The highest BCUT2D eigenvalue weighted by molar-refractivity contribution is 9.10. The molecule has 1 aliphatic rings. The van der Waals surface area contributed by atoms with Gasteiger partial charge in [-0.25, -0.2) is 0 Å². The molecule has 1 atom stereocenters. The van der Waals surface area contributed by atoms with Crippen molar-refractivity contribution in [3.05, 3.63) is 58.1 Å². The second-order valence-corrected chi connectivity index (χ2v) is 5.18. The van der Waals surface area contributed by atoms with Gasteiger partial charge in [0.25, 0.3) is 0 Å². The lowest BCUT2D eigenvalue weighted by atomic mass is 10.00. The molecule has 1 heterocycles. The lowest BCUT2D eigenvalue weighted by Crippen LogP contribution is -2.18. The first-order valence-electron chi connectivity index (χ1n) is 5.96. The van der Waals surface area contributed by atoms with Gasteiger partial charge in [0.2, 0.25) is 0 Å². The molecule has 0 saturated carbocycles. The summed E-state index contributed by atoms with van der Waals surface area (Å²) in [4.78, 5) is 0. The highest BCUT2D eigenvalue weighted by Crippen LogP contribution is 2.38. The molecule has 3 rings (SSSR count). The maximum absolute atomic E-state index is 5.74. The van der Waals surface area contributed by atoms with Crippen molar-refractivity contribution in [1.82, 2.24) is 0 Å². The first-order chi connectivity index (χ1) is 9.28. The van der Waals surface area contributed by atoms with Crippen LogP contribution in [0.3, 0.4) is 0 Å². The van der Waals surface area contributed by atoms with Gasteiger partial charge in [-0.05, 0) is 35.9 Å². The minimum Gasteiger partial charge on any atom is -0.497 e. The Labute approximate surface area is 120 Å². The van der Waals surface area contributed by atoms with Crippen molar-refractivity contribution < 1.29 is 14.2 Å². The molecule has 1 unspecified atom stereocenters. The summed E-state index contributed by atoms with van der Waals surface area (Å²) in [5.41, 5.74) is 2.12. The molecular weight excluding hydrogens is 308 g/mol. The maximum Gasteiger partial charge on any atom is 0.190 e. The summed E-state index contributed by atoms with van der Waals surface area (Å²) in [6, 6.07) is 13.9. The average Bonchev–Trinajstić information content (AvgIpc) is 2.47. The number of benzene rings is 2. The van der Waals surface area contributed by atoms with E-state index in [9.17, 15) is 0 Å². The van der Waals surface area contributed by atoms with E-state index in [-0.39, 0.29) is 12.9 Å². The summed E-state index contributed by atoms with van der Waals surface area (Å²) in [6.45, 7) is 0.269. The largest absolute Gasteiger partial charge is 0.497 e. The summed E-state index contributed by atoms with van der Waals surface area (Å²) in [6.07, 6.45) is -0.104. The Kier molecular flexibility index (Phi) is 3.44. The second-order valence-electron chi connectivity index (χ2n) is 4.26. The fourth-order valence-electron chi connectivity index (χ4n) is 2.17. The molecule has 0 amide bonds. The van der Waals surface area contributed by atoms with Gasteiger partial charge in [0.05, 0.1) is 7.11 Å². The first kappa shape index (κ1) is 12.5. The number of fused-ring (bicyclic) bond motifs is 1. The fraction of sp³-hybridized carbons (Fsp3) is 0.200. The summed E-state index contributed by atoms with van der Waals surface area (Å²) < 4.78 is 17.4. The molecule has 0 N–H and O–H groups in total. The zero-order valence-corrected chi connectivity index (χ0v) is 12.0. The topological polar surface area (TPSA) is 27.7 Å². The van der Waals surface area contributed by atoms with E-state index in [1.54, 1.807) is 7.11 Å². The number of methoxy groups -OCH3 is 1. The predicted octanol–water partition coefficient (Wildman–Crippen LogP) is 3.91. The van der Waals surface area contributed by atoms with Gasteiger partial charge < -0.3 is 14.2 Å². The lowest BCUT2D eigenvalue weighted by Gasteiger charge is -2.26. The van der Waals surface area contributed by atoms with Crippen molar-refractivity contribution >= 4 is 15.9 Å². The molecule has 2 aromatic carbocycles. The van der Waals surface area contributed by atoms with E-state index in [1.165, 1.54) is 0 Å². The van der Waals surface area contributed by atoms with Crippen molar-refractivity contribution in [3.8, 4) is 11.5 Å². The Hall–Kier alpha value is -1.52. The van der Waals surface area contributed by atoms with Gasteiger partial charge >= 0.3 is 0 Å². The van der Waals surface area contributed by atoms with E-state index in [0.29, 0.717) is 0 Å². The van der Waals surface area contributed by atoms with E-state index in [4.69, 9.17) is 14.2 Å². The minimum absolute atomic E-state index is 0.104. The Morgan fingerprint density at radius 3 is 2.68 bits per heavy atom. The molecule has 0 saturated heterocycles. The van der Waals surface area contributed by atoms with E-state index in [0.717, 1.165) is 27.1 Å². The second kappa shape index (κ2) is 5.23. The van der Waals surface area contributed by atoms with Crippen molar-refractivity contribution in [2.24, 2.45) is 0 Å². The molecule has 0 fully saturated rings. The molecule has 0 radical (unpaired) electrons. The van der Waals surface area contributed by atoms with Crippen LogP contribution in [0.2, 0.25) is 0 Å². The van der Waals surface area contributed by atoms with Crippen molar-refractivity contribution in [2.45, 2.75) is 6.10 Å². The fourth-order valence-corrected chi connectivity index (χ4v) is 2.54. The van der Waals surface area contributed by atoms with Gasteiger partial charge in [-0.2, -0.15) is 0 Å². The number of halogens is 1. The molecule has 2 aromatic rings. The monoisotopic (exact) mass is 320 g/mol. The van der Waals surface area contributed by atoms with E-state index < -0.39 is 0 Å². The summed E-state index contributed by atoms with van der Waals surface area (Å²) in [5.74, 6) is 1.71. The summed E-state index contributed by atoms with van der Waals surface area (Å²) in [7, 11) is 1.66. The number of hydrogen-bond acceptors (Lipinski definition) is 3. The molecule has 3 nitrogen and oxygen atoms in total. The van der Waals surface area contributed by atoms with Crippen LogP contribution in [0.25, 0.3) is 0 Å². The third-order valence-corrected chi connectivity index (χ3v) is 3.62.